The standard InChI is InChI=1S/C7H14O2/c1-4-5(2)7(9)6(3)8/h4-9H,1H2,2-3H3/t5-,6-,7+/m0/s1. The molecule has 0 saturated heterocycles. The van der Waals surface area contributed by atoms with Crippen LogP contribution in [0.4, 0.5) is 0 Å². The van der Waals surface area contributed by atoms with Gasteiger partial charge in [0.25, 0.3) is 0 Å². The Morgan fingerprint density at radius 2 is 1.78 bits per heavy atom. The molecule has 0 bridgehead atoms. The van der Waals surface area contributed by atoms with Gasteiger partial charge in [0.15, 0.2) is 0 Å². The molecular weight excluding hydrogens is 116 g/mol. The van der Waals surface area contributed by atoms with Crippen LogP contribution in [0.5, 0.6) is 0 Å². The molecule has 0 saturated carbocycles. The SMILES string of the molecule is C=C[C@H](C)[C@@H](O)[C@H](C)O. The summed E-state index contributed by atoms with van der Waals surface area (Å²) in [5.41, 5.74) is 0. The van der Waals surface area contributed by atoms with Gasteiger partial charge in [0.1, 0.15) is 0 Å². The first-order chi connectivity index (χ1) is 4.09. The lowest BCUT2D eigenvalue weighted by atomic mass is 10.0. The Kier molecular flexibility index (Phi) is 3.50. The molecule has 2 heteroatoms. The van der Waals surface area contributed by atoms with Crippen molar-refractivity contribution in [2.45, 2.75) is 26.1 Å². The summed E-state index contributed by atoms with van der Waals surface area (Å²) >= 11 is 0. The minimum Gasteiger partial charge on any atom is -0.391 e. The molecule has 0 spiro atoms. The van der Waals surface area contributed by atoms with Crippen LogP contribution in [0.15, 0.2) is 12.7 Å². The molecule has 2 N–H and O–H groups in total. The van der Waals surface area contributed by atoms with Crippen LogP contribution >= 0.6 is 0 Å². The molecule has 0 aliphatic heterocycles. The van der Waals surface area contributed by atoms with Crippen molar-refractivity contribution in [2.24, 2.45) is 5.92 Å². The molecule has 0 aromatic carbocycles. The van der Waals surface area contributed by atoms with Crippen LogP contribution in [0.25, 0.3) is 0 Å². The molecule has 0 heterocycles. The molecule has 0 rings (SSSR count). The van der Waals surface area contributed by atoms with Crippen molar-refractivity contribution in [2.75, 3.05) is 0 Å². The van der Waals surface area contributed by atoms with Gasteiger partial charge in [-0.1, -0.05) is 13.0 Å². The normalized spacial score (nSPS) is 20.4. The van der Waals surface area contributed by atoms with E-state index in [2.05, 4.69) is 6.58 Å². The van der Waals surface area contributed by atoms with Crippen LogP contribution < -0.4 is 0 Å². The molecule has 0 amide bonds. The Labute approximate surface area is 55.8 Å². The Hall–Kier alpha value is -0.340. The second-order valence-electron chi connectivity index (χ2n) is 2.33. The average Bonchev–Trinajstić information content (AvgIpc) is 1.84. The third-order valence-corrected chi connectivity index (χ3v) is 1.40. The maximum Gasteiger partial charge on any atom is 0.0855 e. The van der Waals surface area contributed by atoms with Crippen LogP contribution in [-0.4, -0.2) is 22.4 Å². The number of hydrogen-bond donors (Lipinski definition) is 2. The van der Waals surface area contributed by atoms with E-state index in [1.165, 1.54) is 0 Å². The van der Waals surface area contributed by atoms with E-state index >= 15 is 0 Å². The molecule has 9 heavy (non-hydrogen) atoms. The van der Waals surface area contributed by atoms with Crippen molar-refractivity contribution in [1.29, 1.82) is 0 Å². The Morgan fingerprint density at radius 3 is 1.89 bits per heavy atom. The zero-order valence-electron chi connectivity index (χ0n) is 5.91. The summed E-state index contributed by atoms with van der Waals surface area (Å²) in [6.45, 7) is 6.86. The summed E-state index contributed by atoms with van der Waals surface area (Å²) in [5, 5.41) is 17.9. The molecule has 0 aliphatic rings. The highest BCUT2D eigenvalue weighted by Crippen LogP contribution is 2.06. The number of aliphatic hydroxyl groups is 2. The minimum absolute atomic E-state index is 0.0370. The molecule has 0 unspecified atom stereocenters. The zero-order valence-corrected chi connectivity index (χ0v) is 5.91. The summed E-state index contributed by atoms with van der Waals surface area (Å²) in [5.74, 6) is -0.0370. The van der Waals surface area contributed by atoms with Crippen molar-refractivity contribution in [3.63, 3.8) is 0 Å². The average molecular weight is 130 g/mol. The fourth-order valence-electron chi connectivity index (χ4n) is 0.579. The second-order valence-corrected chi connectivity index (χ2v) is 2.33. The Morgan fingerprint density at radius 1 is 1.33 bits per heavy atom. The highest BCUT2D eigenvalue weighted by molar-refractivity contribution is 4.83. The predicted octanol–water partition coefficient (Wildman–Crippen LogP) is 0.550. The smallest absolute Gasteiger partial charge is 0.0855 e. The summed E-state index contributed by atoms with van der Waals surface area (Å²) in [7, 11) is 0. The molecule has 3 atom stereocenters. The van der Waals surface area contributed by atoms with E-state index in [0.29, 0.717) is 0 Å². The molecular formula is C7H14O2. The van der Waals surface area contributed by atoms with E-state index in [1.54, 1.807) is 13.0 Å². The lowest BCUT2D eigenvalue weighted by molar-refractivity contribution is 0.00985. The van der Waals surface area contributed by atoms with E-state index in [-0.39, 0.29) is 5.92 Å². The zero-order chi connectivity index (χ0) is 7.44. The van der Waals surface area contributed by atoms with Crippen LogP contribution in [-0.2, 0) is 0 Å². The maximum atomic E-state index is 9.07. The lowest BCUT2D eigenvalue weighted by Gasteiger charge is -2.17. The molecule has 0 aliphatic carbocycles. The van der Waals surface area contributed by atoms with Crippen LogP contribution in [0.2, 0.25) is 0 Å². The predicted molar refractivity (Wildman–Crippen MR) is 37.0 cm³/mol. The van der Waals surface area contributed by atoms with Crippen LogP contribution in [0.1, 0.15) is 13.8 Å². The van der Waals surface area contributed by atoms with Crippen molar-refractivity contribution in [1.82, 2.24) is 0 Å². The molecule has 0 radical (unpaired) electrons. The van der Waals surface area contributed by atoms with Gasteiger partial charge in [-0.15, -0.1) is 6.58 Å². The monoisotopic (exact) mass is 130 g/mol. The van der Waals surface area contributed by atoms with Crippen molar-refractivity contribution >= 4 is 0 Å². The van der Waals surface area contributed by atoms with Crippen molar-refractivity contribution in [3.05, 3.63) is 12.7 Å². The van der Waals surface area contributed by atoms with Gasteiger partial charge >= 0.3 is 0 Å². The van der Waals surface area contributed by atoms with Gasteiger partial charge in [0, 0.05) is 5.92 Å². The highest BCUT2D eigenvalue weighted by Gasteiger charge is 2.15. The van der Waals surface area contributed by atoms with Gasteiger partial charge in [0.05, 0.1) is 12.2 Å². The first kappa shape index (κ1) is 8.66. The van der Waals surface area contributed by atoms with Crippen LogP contribution in [0.3, 0.4) is 0 Å². The van der Waals surface area contributed by atoms with Gasteiger partial charge in [0.2, 0.25) is 0 Å². The second kappa shape index (κ2) is 3.64. The molecule has 0 aromatic heterocycles. The van der Waals surface area contributed by atoms with Gasteiger partial charge in [-0.25, -0.2) is 0 Å². The van der Waals surface area contributed by atoms with Gasteiger partial charge in [-0.05, 0) is 6.92 Å². The van der Waals surface area contributed by atoms with E-state index in [9.17, 15) is 0 Å². The third-order valence-electron chi connectivity index (χ3n) is 1.40. The number of aliphatic hydroxyl groups excluding tert-OH is 2. The first-order valence-corrected chi connectivity index (χ1v) is 3.08. The van der Waals surface area contributed by atoms with Crippen molar-refractivity contribution < 1.29 is 10.2 Å². The quantitative estimate of drug-likeness (QED) is 0.548. The number of hydrogen-bond acceptors (Lipinski definition) is 2. The van der Waals surface area contributed by atoms with E-state index in [4.69, 9.17) is 10.2 Å². The fraction of sp³-hybridized carbons (Fsp3) is 0.714. The molecule has 2 nitrogen and oxygen atoms in total. The minimum atomic E-state index is -0.678. The van der Waals surface area contributed by atoms with E-state index < -0.39 is 12.2 Å². The first-order valence-electron chi connectivity index (χ1n) is 3.08. The van der Waals surface area contributed by atoms with Gasteiger partial charge in [-0.3, -0.25) is 0 Å². The maximum absolute atomic E-state index is 9.07. The Balaban J connectivity index is 3.71. The summed E-state index contributed by atoms with van der Waals surface area (Å²) in [4.78, 5) is 0. The van der Waals surface area contributed by atoms with Crippen LogP contribution in [0, 0.1) is 5.92 Å². The van der Waals surface area contributed by atoms with E-state index in [0.717, 1.165) is 0 Å². The topological polar surface area (TPSA) is 40.5 Å². The number of rotatable bonds is 3. The third kappa shape index (κ3) is 2.63. The molecule has 54 valence electrons. The highest BCUT2D eigenvalue weighted by atomic mass is 16.3. The molecule has 0 fully saturated rings. The van der Waals surface area contributed by atoms with Gasteiger partial charge < -0.3 is 10.2 Å². The van der Waals surface area contributed by atoms with Crippen molar-refractivity contribution in [3.8, 4) is 0 Å². The lowest BCUT2D eigenvalue weighted by Crippen LogP contribution is -2.28. The Bertz CT molecular complexity index is 88.9. The summed E-state index contributed by atoms with van der Waals surface area (Å²) in [6, 6.07) is 0. The van der Waals surface area contributed by atoms with Gasteiger partial charge in [-0.2, -0.15) is 0 Å². The van der Waals surface area contributed by atoms with E-state index in [1.807, 2.05) is 6.92 Å². The largest absolute Gasteiger partial charge is 0.391 e. The summed E-state index contributed by atoms with van der Waals surface area (Å²) in [6.07, 6.45) is 0.276. The fourth-order valence-corrected chi connectivity index (χ4v) is 0.579. The summed E-state index contributed by atoms with van der Waals surface area (Å²) < 4.78 is 0. The molecule has 0 aromatic rings.